The highest BCUT2D eigenvalue weighted by atomic mass is 16.5. The number of piperazine rings is 1. The van der Waals surface area contributed by atoms with E-state index in [2.05, 4.69) is 37.6 Å². The first kappa shape index (κ1) is 55.9. The van der Waals surface area contributed by atoms with E-state index in [1.165, 1.54) is 225 Å². The van der Waals surface area contributed by atoms with Crippen LogP contribution in [0.3, 0.4) is 0 Å². The van der Waals surface area contributed by atoms with Gasteiger partial charge >= 0.3 is 11.9 Å². The molecule has 0 bridgehead atoms. The molecule has 1 fully saturated rings. The van der Waals surface area contributed by atoms with Gasteiger partial charge in [0.2, 0.25) is 0 Å². The number of esters is 2. The Morgan fingerprint density at radius 2 is 0.797 bits per heavy atom. The van der Waals surface area contributed by atoms with Crippen LogP contribution >= 0.6 is 0 Å². The van der Waals surface area contributed by atoms with Crippen LogP contribution < -0.4 is 0 Å². The summed E-state index contributed by atoms with van der Waals surface area (Å²) in [5.41, 5.74) is 0. The predicted molar refractivity (Wildman–Crippen MR) is 255 cm³/mol. The lowest BCUT2D eigenvalue weighted by molar-refractivity contribution is -0.150. The minimum Gasteiger partial charge on any atom is -0.466 e. The van der Waals surface area contributed by atoms with Gasteiger partial charge < -0.3 is 19.3 Å². The fraction of sp³-hybridized carbons (Fsp3) is 0.962. The lowest BCUT2D eigenvalue weighted by Gasteiger charge is -2.33. The Labute approximate surface area is 369 Å². The molecule has 1 aliphatic rings. The number of hydrogen-bond donors (Lipinski definition) is 0. The van der Waals surface area contributed by atoms with Crippen LogP contribution in [0.15, 0.2) is 0 Å². The molecule has 0 radical (unpaired) electrons. The van der Waals surface area contributed by atoms with Crippen molar-refractivity contribution in [2.24, 2.45) is 5.92 Å². The number of carbonyl (C=O) groups excluding carboxylic acids is 2. The first-order valence-corrected chi connectivity index (χ1v) is 26.7. The van der Waals surface area contributed by atoms with Crippen LogP contribution in [0.25, 0.3) is 0 Å². The summed E-state index contributed by atoms with van der Waals surface area (Å²) in [5, 5.41) is 0. The van der Waals surface area contributed by atoms with Gasteiger partial charge in [-0.2, -0.15) is 0 Å². The van der Waals surface area contributed by atoms with Crippen molar-refractivity contribution in [3.05, 3.63) is 0 Å². The number of carbonyl (C=O) groups is 2. The van der Waals surface area contributed by atoms with Gasteiger partial charge in [-0.25, -0.2) is 0 Å². The monoisotopic (exact) mass is 833 g/mol. The van der Waals surface area contributed by atoms with E-state index < -0.39 is 0 Å². The Morgan fingerprint density at radius 3 is 1.25 bits per heavy atom. The average Bonchev–Trinajstić information content (AvgIpc) is 3.23. The van der Waals surface area contributed by atoms with E-state index in [4.69, 9.17) is 9.47 Å². The number of rotatable bonds is 45. The summed E-state index contributed by atoms with van der Waals surface area (Å²) in [6.07, 6.45) is 48.1. The van der Waals surface area contributed by atoms with Crippen molar-refractivity contribution in [2.45, 2.75) is 277 Å². The summed E-state index contributed by atoms with van der Waals surface area (Å²) in [6, 6.07) is 0. The normalized spacial score (nSPS) is 14.3. The van der Waals surface area contributed by atoms with Crippen molar-refractivity contribution >= 4 is 11.9 Å². The summed E-state index contributed by atoms with van der Waals surface area (Å²) in [4.78, 5) is 30.1. The van der Waals surface area contributed by atoms with Crippen molar-refractivity contribution in [1.29, 1.82) is 0 Å². The number of nitrogens with zero attached hydrogens (tertiary/aromatic N) is 2. The molecule has 0 N–H and O–H groups in total. The van der Waals surface area contributed by atoms with E-state index in [0.717, 1.165) is 50.9 Å². The minimum absolute atomic E-state index is 0.0108. The van der Waals surface area contributed by atoms with Crippen LogP contribution in [0, 0.1) is 5.92 Å². The lowest BCUT2D eigenvalue weighted by Crippen LogP contribution is -2.44. The van der Waals surface area contributed by atoms with Crippen molar-refractivity contribution in [1.82, 2.24) is 9.80 Å². The van der Waals surface area contributed by atoms with Gasteiger partial charge in [0.05, 0.1) is 6.61 Å². The van der Waals surface area contributed by atoms with Gasteiger partial charge in [0.1, 0.15) is 6.10 Å². The fourth-order valence-corrected chi connectivity index (χ4v) is 8.99. The Hall–Kier alpha value is -1.14. The minimum atomic E-state index is 0.0108. The Kier molecular flexibility index (Phi) is 41.2. The van der Waals surface area contributed by atoms with Gasteiger partial charge in [0.15, 0.2) is 0 Å². The van der Waals surface area contributed by atoms with Gasteiger partial charge in [-0.1, -0.05) is 207 Å². The quantitative estimate of drug-likeness (QED) is 0.0450. The lowest BCUT2D eigenvalue weighted by atomic mass is 9.91. The predicted octanol–water partition coefficient (Wildman–Crippen LogP) is 15.6. The Balaban J connectivity index is 2.22. The second-order valence-corrected chi connectivity index (χ2v) is 19.0. The number of hydrogen-bond acceptors (Lipinski definition) is 6. The molecule has 6 heteroatoms. The molecule has 0 aromatic carbocycles. The molecule has 0 amide bonds. The molecule has 1 atom stereocenters. The zero-order valence-corrected chi connectivity index (χ0v) is 40.5. The number of ether oxygens (including phenoxy) is 2. The molecule has 59 heavy (non-hydrogen) atoms. The molecular weight excluding hydrogens is 729 g/mol. The van der Waals surface area contributed by atoms with E-state index in [1.54, 1.807) is 0 Å². The molecule has 350 valence electrons. The zero-order valence-electron chi connectivity index (χ0n) is 40.5. The van der Waals surface area contributed by atoms with Gasteiger partial charge in [-0.3, -0.25) is 9.59 Å². The van der Waals surface area contributed by atoms with Crippen molar-refractivity contribution in [3.8, 4) is 0 Å². The van der Waals surface area contributed by atoms with Gasteiger partial charge in [0, 0.05) is 39.0 Å². The van der Waals surface area contributed by atoms with Crippen LogP contribution in [-0.2, 0) is 19.1 Å². The molecule has 0 saturated carbocycles. The second kappa shape index (κ2) is 43.5. The summed E-state index contributed by atoms with van der Waals surface area (Å²) in [6.45, 7) is 13.6. The molecule has 1 rings (SSSR count). The van der Waals surface area contributed by atoms with Gasteiger partial charge in [-0.15, -0.1) is 0 Å². The first-order chi connectivity index (χ1) is 29.0. The molecular formula is C53H104N2O4. The third-order valence-corrected chi connectivity index (χ3v) is 13.3. The summed E-state index contributed by atoms with van der Waals surface area (Å²) in [7, 11) is 2.25. The molecule has 6 nitrogen and oxygen atoms in total. The van der Waals surface area contributed by atoms with Crippen LogP contribution in [0.5, 0.6) is 0 Å². The van der Waals surface area contributed by atoms with Crippen LogP contribution in [-0.4, -0.2) is 74.2 Å². The maximum atomic E-state index is 12.8. The smallest absolute Gasteiger partial charge is 0.306 e. The SMILES string of the molecule is CCCCCCCCCOC(=O)CCCCCCCCCC(CCCCCCCCC(=O)OC(CCCCCCCC)CCCCCCCC)CCN1CCN(C)CC1. The van der Waals surface area contributed by atoms with E-state index >= 15 is 0 Å². The summed E-state index contributed by atoms with van der Waals surface area (Å²) >= 11 is 0. The maximum absolute atomic E-state index is 12.8. The zero-order chi connectivity index (χ0) is 42.7. The molecule has 1 heterocycles. The third kappa shape index (κ3) is 38.3. The fourth-order valence-electron chi connectivity index (χ4n) is 8.99. The third-order valence-electron chi connectivity index (χ3n) is 13.3. The maximum Gasteiger partial charge on any atom is 0.306 e. The van der Waals surface area contributed by atoms with Crippen molar-refractivity contribution in [2.75, 3.05) is 46.4 Å². The number of unbranched alkanes of at least 4 members (excludes halogenated alkanes) is 27. The van der Waals surface area contributed by atoms with Crippen molar-refractivity contribution in [3.63, 3.8) is 0 Å². The highest BCUT2D eigenvalue weighted by molar-refractivity contribution is 5.69. The van der Waals surface area contributed by atoms with E-state index in [9.17, 15) is 9.59 Å². The first-order valence-electron chi connectivity index (χ1n) is 26.7. The van der Waals surface area contributed by atoms with Gasteiger partial charge in [0.25, 0.3) is 0 Å². The topological polar surface area (TPSA) is 59.1 Å². The standard InChI is InChI=1S/C53H104N2O4/c1-5-8-11-14-22-29-36-49-58-52(56)41-34-27-19-17-18-23-30-37-50(43-44-55-47-45-54(4)46-48-55)38-31-24-20-21-28-35-42-53(57)59-51(39-32-25-15-12-9-6-2)40-33-26-16-13-10-7-3/h50-51H,5-49H2,1-4H3. The van der Waals surface area contributed by atoms with Crippen LogP contribution in [0.2, 0.25) is 0 Å². The molecule has 0 aromatic heterocycles. The molecule has 0 aliphatic carbocycles. The summed E-state index contributed by atoms with van der Waals surface area (Å²) in [5.74, 6) is 0.926. The highest BCUT2D eigenvalue weighted by Gasteiger charge is 2.17. The molecule has 1 aliphatic heterocycles. The second-order valence-electron chi connectivity index (χ2n) is 19.0. The average molecular weight is 833 g/mol. The van der Waals surface area contributed by atoms with E-state index in [-0.39, 0.29) is 18.0 Å². The molecule has 0 aromatic rings. The molecule has 1 unspecified atom stereocenters. The summed E-state index contributed by atoms with van der Waals surface area (Å²) < 4.78 is 11.6. The number of likely N-dealkylation sites (N-methyl/N-ethyl adjacent to an activating group) is 1. The van der Waals surface area contributed by atoms with Crippen LogP contribution in [0.4, 0.5) is 0 Å². The van der Waals surface area contributed by atoms with E-state index in [1.807, 2.05) is 0 Å². The largest absolute Gasteiger partial charge is 0.466 e. The highest BCUT2D eigenvalue weighted by Crippen LogP contribution is 2.24. The van der Waals surface area contributed by atoms with Crippen molar-refractivity contribution < 1.29 is 19.1 Å². The van der Waals surface area contributed by atoms with Gasteiger partial charge in [-0.05, 0) is 70.9 Å². The molecule has 0 spiro atoms. The van der Waals surface area contributed by atoms with Crippen LogP contribution in [0.1, 0.15) is 271 Å². The Morgan fingerprint density at radius 1 is 0.424 bits per heavy atom. The molecule has 1 saturated heterocycles. The van der Waals surface area contributed by atoms with E-state index in [0.29, 0.717) is 19.4 Å². The Bertz CT molecular complexity index is 875.